The SMILES string of the molecule is Cc1cnn(-c2ccc([N+](=O)[O-])cc2)c1C. The van der Waals surface area contributed by atoms with Crippen molar-refractivity contribution in [2.24, 2.45) is 0 Å². The summed E-state index contributed by atoms with van der Waals surface area (Å²) in [6.45, 7) is 3.94. The molecule has 0 unspecified atom stereocenters. The van der Waals surface area contributed by atoms with E-state index >= 15 is 0 Å². The van der Waals surface area contributed by atoms with Crippen LogP contribution in [-0.2, 0) is 0 Å². The smallest absolute Gasteiger partial charge is 0.258 e. The molecule has 0 aliphatic rings. The summed E-state index contributed by atoms with van der Waals surface area (Å²) in [6, 6.07) is 6.34. The number of benzene rings is 1. The zero-order chi connectivity index (χ0) is 11.7. The Morgan fingerprint density at radius 2 is 1.88 bits per heavy atom. The first-order valence-electron chi connectivity index (χ1n) is 4.85. The van der Waals surface area contributed by atoms with Crippen LogP contribution in [0, 0.1) is 24.0 Å². The Balaban J connectivity index is 2.42. The fourth-order valence-corrected chi connectivity index (χ4v) is 1.47. The number of rotatable bonds is 2. The highest BCUT2D eigenvalue weighted by atomic mass is 16.6. The van der Waals surface area contributed by atoms with Gasteiger partial charge in [0, 0.05) is 17.8 Å². The molecule has 2 aromatic rings. The molecule has 1 aromatic carbocycles. The van der Waals surface area contributed by atoms with Gasteiger partial charge in [-0.15, -0.1) is 0 Å². The lowest BCUT2D eigenvalue weighted by molar-refractivity contribution is -0.384. The summed E-state index contributed by atoms with van der Waals surface area (Å²) in [6.07, 6.45) is 1.77. The number of nitro benzene ring substituents is 1. The van der Waals surface area contributed by atoms with E-state index in [1.165, 1.54) is 12.1 Å². The van der Waals surface area contributed by atoms with Crippen LogP contribution in [0.25, 0.3) is 5.69 Å². The average Bonchev–Trinajstić information content (AvgIpc) is 2.60. The lowest BCUT2D eigenvalue weighted by Crippen LogP contribution is -1.99. The summed E-state index contributed by atoms with van der Waals surface area (Å²) >= 11 is 0. The summed E-state index contributed by atoms with van der Waals surface area (Å²) in [5.41, 5.74) is 3.05. The second kappa shape index (κ2) is 3.77. The maximum absolute atomic E-state index is 10.5. The average molecular weight is 217 g/mol. The van der Waals surface area contributed by atoms with E-state index in [1.54, 1.807) is 23.0 Å². The monoisotopic (exact) mass is 217 g/mol. The van der Waals surface area contributed by atoms with E-state index in [4.69, 9.17) is 0 Å². The molecule has 0 radical (unpaired) electrons. The van der Waals surface area contributed by atoms with Gasteiger partial charge in [-0.3, -0.25) is 10.1 Å². The van der Waals surface area contributed by atoms with Crippen molar-refractivity contribution in [2.75, 3.05) is 0 Å². The van der Waals surface area contributed by atoms with E-state index in [0.29, 0.717) is 0 Å². The highest BCUT2D eigenvalue weighted by Crippen LogP contribution is 2.17. The number of hydrogen-bond acceptors (Lipinski definition) is 3. The Bertz CT molecular complexity index is 529. The van der Waals surface area contributed by atoms with Crippen molar-refractivity contribution in [3.63, 3.8) is 0 Å². The van der Waals surface area contributed by atoms with Crippen molar-refractivity contribution in [1.82, 2.24) is 9.78 Å². The van der Waals surface area contributed by atoms with Crippen molar-refractivity contribution in [1.29, 1.82) is 0 Å². The molecule has 0 fully saturated rings. The predicted octanol–water partition coefficient (Wildman–Crippen LogP) is 2.40. The molecule has 0 atom stereocenters. The van der Waals surface area contributed by atoms with Crippen LogP contribution in [0.2, 0.25) is 0 Å². The highest BCUT2D eigenvalue weighted by Gasteiger charge is 2.07. The summed E-state index contributed by atoms with van der Waals surface area (Å²) in [4.78, 5) is 10.1. The lowest BCUT2D eigenvalue weighted by Gasteiger charge is -2.03. The van der Waals surface area contributed by atoms with Gasteiger partial charge in [0.25, 0.3) is 5.69 Å². The molecule has 0 aliphatic heterocycles. The molecule has 5 nitrogen and oxygen atoms in total. The number of aromatic nitrogens is 2. The third-order valence-corrected chi connectivity index (χ3v) is 2.56. The number of aryl methyl sites for hydroxylation is 1. The molecule has 2 rings (SSSR count). The molecule has 16 heavy (non-hydrogen) atoms. The highest BCUT2D eigenvalue weighted by molar-refractivity contribution is 5.41. The summed E-state index contributed by atoms with van der Waals surface area (Å²) in [5.74, 6) is 0. The van der Waals surface area contributed by atoms with Gasteiger partial charge in [0.05, 0.1) is 16.8 Å². The third-order valence-electron chi connectivity index (χ3n) is 2.56. The van der Waals surface area contributed by atoms with E-state index in [1.807, 2.05) is 13.8 Å². The maximum atomic E-state index is 10.5. The van der Waals surface area contributed by atoms with Crippen LogP contribution in [0.5, 0.6) is 0 Å². The maximum Gasteiger partial charge on any atom is 0.269 e. The molecule has 0 spiro atoms. The molecule has 0 saturated carbocycles. The van der Waals surface area contributed by atoms with Crippen LogP contribution in [0.4, 0.5) is 5.69 Å². The molecule has 1 aromatic heterocycles. The molecule has 0 N–H and O–H groups in total. The first kappa shape index (κ1) is 10.4. The number of nitrogens with zero attached hydrogens (tertiary/aromatic N) is 3. The van der Waals surface area contributed by atoms with Gasteiger partial charge in [-0.25, -0.2) is 4.68 Å². The molecule has 0 bridgehead atoms. The Morgan fingerprint density at radius 1 is 1.25 bits per heavy atom. The molecule has 0 amide bonds. The summed E-state index contributed by atoms with van der Waals surface area (Å²) in [7, 11) is 0. The second-order valence-corrected chi connectivity index (χ2v) is 3.60. The van der Waals surface area contributed by atoms with Crippen LogP contribution >= 0.6 is 0 Å². The zero-order valence-electron chi connectivity index (χ0n) is 9.04. The Labute approximate surface area is 92.5 Å². The van der Waals surface area contributed by atoms with Crippen molar-refractivity contribution in [3.05, 3.63) is 51.8 Å². The van der Waals surface area contributed by atoms with Crippen LogP contribution < -0.4 is 0 Å². The fraction of sp³-hybridized carbons (Fsp3) is 0.182. The minimum absolute atomic E-state index is 0.0882. The van der Waals surface area contributed by atoms with Crippen LogP contribution in [0.1, 0.15) is 11.3 Å². The van der Waals surface area contributed by atoms with Crippen LogP contribution in [-0.4, -0.2) is 14.7 Å². The zero-order valence-corrected chi connectivity index (χ0v) is 9.04. The van der Waals surface area contributed by atoms with Gasteiger partial charge in [-0.2, -0.15) is 5.10 Å². The Kier molecular flexibility index (Phi) is 2.44. The second-order valence-electron chi connectivity index (χ2n) is 3.60. The standard InChI is InChI=1S/C11H11N3O2/c1-8-7-12-13(9(8)2)10-3-5-11(6-4-10)14(15)16/h3-7H,1-2H3. The van der Waals surface area contributed by atoms with E-state index < -0.39 is 4.92 Å². The van der Waals surface area contributed by atoms with Gasteiger partial charge >= 0.3 is 0 Å². The minimum atomic E-state index is -0.412. The molecule has 82 valence electrons. The van der Waals surface area contributed by atoms with Crippen LogP contribution in [0.3, 0.4) is 0 Å². The largest absolute Gasteiger partial charge is 0.269 e. The van der Waals surface area contributed by atoms with Crippen molar-refractivity contribution < 1.29 is 4.92 Å². The van der Waals surface area contributed by atoms with Gasteiger partial charge in [0.15, 0.2) is 0 Å². The van der Waals surface area contributed by atoms with Gasteiger partial charge in [-0.05, 0) is 31.5 Å². The summed E-state index contributed by atoms with van der Waals surface area (Å²) < 4.78 is 1.76. The molecule has 0 aliphatic carbocycles. The molecule has 0 saturated heterocycles. The van der Waals surface area contributed by atoms with E-state index in [-0.39, 0.29) is 5.69 Å². The Hall–Kier alpha value is -2.17. The van der Waals surface area contributed by atoms with E-state index in [9.17, 15) is 10.1 Å². The van der Waals surface area contributed by atoms with Gasteiger partial charge in [0.2, 0.25) is 0 Å². The van der Waals surface area contributed by atoms with Crippen molar-refractivity contribution >= 4 is 5.69 Å². The lowest BCUT2D eigenvalue weighted by atomic mass is 10.2. The first-order valence-corrected chi connectivity index (χ1v) is 4.85. The Morgan fingerprint density at radius 3 is 2.31 bits per heavy atom. The minimum Gasteiger partial charge on any atom is -0.258 e. The molecule has 5 heteroatoms. The van der Waals surface area contributed by atoms with Crippen molar-refractivity contribution in [2.45, 2.75) is 13.8 Å². The van der Waals surface area contributed by atoms with E-state index in [0.717, 1.165) is 16.9 Å². The van der Waals surface area contributed by atoms with Crippen LogP contribution in [0.15, 0.2) is 30.5 Å². The van der Waals surface area contributed by atoms with Gasteiger partial charge in [0.1, 0.15) is 0 Å². The number of non-ortho nitro benzene ring substituents is 1. The normalized spacial score (nSPS) is 10.4. The molecular formula is C11H11N3O2. The quantitative estimate of drug-likeness (QED) is 0.573. The topological polar surface area (TPSA) is 61.0 Å². The van der Waals surface area contributed by atoms with Gasteiger partial charge in [-0.1, -0.05) is 0 Å². The van der Waals surface area contributed by atoms with E-state index in [2.05, 4.69) is 5.10 Å². The van der Waals surface area contributed by atoms with Gasteiger partial charge < -0.3 is 0 Å². The third kappa shape index (κ3) is 1.67. The molecule has 1 heterocycles. The predicted molar refractivity (Wildman–Crippen MR) is 59.7 cm³/mol. The summed E-state index contributed by atoms with van der Waals surface area (Å²) in [5, 5.41) is 14.7. The fourth-order valence-electron chi connectivity index (χ4n) is 1.47. The number of nitro groups is 1. The first-order chi connectivity index (χ1) is 7.59. The number of hydrogen-bond donors (Lipinski definition) is 0. The molecular weight excluding hydrogens is 206 g/mol. The van der Waals surface area contributed by atoms with Crippen molar-refractivity contribution in [3.8, 4) is 5.69 Å².